The molecule has 0 amide bonds. The zero-order valence-corrected chi connectivity index (χ0v) is 12.7. The van der Waals surface area contributed by atoms with E-state index in [-0.39, 0.29) is 6.10 Å². The zero-order valence-electron chi connectivity index (χ0n) is 11.9. The van der Waals surface area contributed by atoms with Crippen molar-refractivity contribution in [1.82, 2.24) is 10.3 Å². The largest absolute Gasteiger partial charge is 0.393 e. The van der Waals surface area contributed by atoms with E-state index in [2.05, 4.69) is 10.3 Å². The van der Waals surface area contributed by atoms with Crippen LogP contribution in [0.2, 0.25) is 5.02 Å². The van der Waals surface area contributed by atoms with E-state index in [0.717, 1.165) is 41.0 Å². The summed E-state index contributed by atoms with van der Waals surface area (Å²) in [5.74, 6) is 0.301. The SMILES string of the molecule is CC(C)C(O)CCNCc1ccc(Cl)c2cccnc12. The first-order chi connectivity index (χ1) is 9.59. The van der Waals surface area contributed by atoms with E-state index in [1.165, 1.54) is 0 Å². The summed E-state index contributed by atoms with van der Waals surface area (Å²) in [6, 6.07) is 7.79. The molecule has 1 heterocycles. The highest BCUT2D eigenvalue weighted by Gasteiger charge is 2.09. The standard InChI is InChI=1S/C16H21ClN2O/c1-11(2)15(20)7-9-18-10-12-5-6-14(17)13-4-3-8-19-16(12)13/h3-6,8,11,15,18,20H,7,9-10H2,1-2H3. The van der Waals surface area contributed by atoms with Crippen LogP contribution in [0.4, 0.5) is 0 Å². The van der Waals surface area contributed by atoms with Crippen LogP contribution in [0, 0.1) is 5.92 Å². The minimum atomic E-state index is -0.248. The van der Waals surface area contributed by atoms with Crippen LogP contribution in [0.5, 0.6) is 0 Å². The number of rotatable bonds is 6. The number of benzene rings is 1. The number of aliphatic hydroxyl groups excluding tert-OH is 1. The van der Waals surface area contributed by atoms with Crippen LogP contribution in [0.3, 0.4) is 0 Å². The monoisotopic (exact) mass is 292 g/mol. The summed E-state index contributed by atoms with van der Waals surface area (Å²) < 4.78 is 0. The highest BCUT2D eigenvalue weighted by atomic mass is 35.5. The Balaban J connectivity index is 1.99. The van der Waals surface area contributed by atoms with Gasteiger partial charge in [-0.25, -0.2) is 0 Å². The van der Waals surface area contributed by atoms with Gasteiger partial charge in [-0.15, -0.1) is 0 Å². The average Bonchev–Trinajstić information content (AvgIpc) is 2.45. The molecule has 0 spiro atoms. The van der Waals surface area contributed by atoms with Crippen LogP contribution in [-0.2, 0) is 6.54 Å². The Hall–Kier alpha value is -1.16. The molecule has 1 aromatic carbocycles. The molecule has 0 saturated carbocycles. The van der Waals surface area contributed by atoms with Crippen molar-refractivity contribution in [2.75, 3.05) is 6.54 Å². The van der Waals surface area contributed by atoms with Gasteiger partial charge in [-0.05, 0) is 42.6 Å². The predicted octanol–water partition coefficient (Wildman–Crippen LogP) is 3.38. The second-order valence-electron chi connectivity index (χ2n) is 5.38. The van der Waals surface area contributed by atoms with Gasteiger partial charge in [-0.3, -0.25) is 4.98 Å². The number of hydrogen-bond acceptors (Lipinski definition) is 3. The van der Waals surface area contributed by atoms with Gasteiger partial charge in [0.1, 0.15) is 0 Å². The lowest BCUT2D eigenvalue weighted by Crippen LogP contribution is -2.23. The fourth-order valence-corrected chi connectivity index (χ4v) is 2.36. The molecule has 1 aromatic heterocycles. The van der Waals surface area contributed by atoms with Gasteiger partial charge < -0.3 is 10.4 Å². The number of halogens is 1. The Morgan fingerprint density at radius 1 is 1.30 bits per heavy atom. The molecule has 2 rings (SSSR count). The third-order valence-electron chi connectivity index (χ3n) is 3.50. The number of pyridine rings is 1. The maximum Gasteiger partial charge on any atom is 0.0761 e. The first kappa shape index (κ1) is 15.2. The summed E-state index contributed by atoms with van der Waals surface area (Å²) in [5, 5.41) is 14.8. The first-order valence-corrected chi connectivity index (χ1v) is 7.38. The molecule has 2 aromatic rings. The zero-order chi connectivity index (χ0) is 14.5. The Morgan fingerprint density at radius 3 is 2.85 bits per heavy atom. The molecule has 1 atom stereocenters. The second kappa shape index (κ2) is 7.02. The highest BCUT2D eigenvalue weighted by Crippen LogP contribution is 2.24. The van der Waals surface area contributed by atoms with Crippen molar-refractivity contribution in [3.8, 4) is 0 Å². The van der Waals surface area contributed by atoms with Gasteiger partial charge in [0, 0.05) is 23.2 Å². The summed E-state index contributed by atoms with van der Waals surface area (Å²) >= 11 is 6.17. The van der Waals surface area contributed by atoms with Crippen LogP contribution in [0.1, 0.15) is 25.8 Å². The Labute approximate surface area is 125 Å². The lowest BCUT2D eigenvalue weighted by molar-refractivity contribution is 0.116. The molecule has 0 aliphatic rings. The van der Waals surface area contributed by atoms with Crippen molar-refractivity contribution < 1.29 is 5.11 Å². The normalized spacial score (nSPS) is 13.1. The topological polar surface area (TPSA) is 45.1 Å². The fraction of sp³-hybridized carbons (Fsp3) is 0.438. The van der Waals surface area contributed by atoms with E-state index in [9.17, 15) is 5.11 Å². The third kappa shape index (κ3) is 3.69. The summed E-state index contributed by atoms with van der Waals surface area (Å²) in [7, 11) is 0. The van der Waals surface area contributed by atoms with Gasteiger partial charge in [-0.2, -0.15) is 0 Å². The molecule has 3 nitrogen and oxygen atoms in total. The molecular weight excluding hydrogens is 272 g/mol. The van der Waals surface area contributed by atoms with E-state index in [1.807, 2.05) is 38.1 Å². The van der Waals surface area contributed by atoms with Crippen LogP contribution in [-0.4, -0.2) is 22.7 Å². The number of nitrogens with zero attached hydrogens (tertiary/aromatic N) is 1. The third-order valence-corrected chi connectivity index (χ3v) is 3.83. The van der Waals surface area contributed by atoms with E-state index in [1.54, 1.807) is 6.20 Å². The predicted molar refractivity (Wildman–Crippen MR) is 83.9 cm³/mol. The van der Waals surface area contributed by atoms with E-state index < -0.39 is 0 Å². The molecular formula is C16H21ClN2O. The molecule has 20 heavy (non-hydrogen) atoms. The summed E-state index contributed by atoms with van der Waals surface area (Å²) in [6.07, 6.45) is 2.30. The van der Waals surface area contributed by atoms with Gasteiger partial charge in [0.25, 0.3) is 0 Å². The smallest absolute Gasteiger partial charge is 0.0761 e. The van der Waals surface area contributed by atoms with Crippen molar-refractivity contribution in [1.29, 1.82) is 0 Å². The van der Waals surface area contributed by atoms with Gasteiger partial charge in [0.2, 0.25) is 0 Å². The van der Waals surface area contributed by atoms with Crippen LogP contribution in [0.25, 0.3) is 10.9 Å². The molecule has 1 unspecified atom stereocenters. The number of aliphatic hydroxyl groups is 1. The van der Waals surface area contributed by atoms with Crippen LogP contribution in [0.15, 0.2) is 30.5 Å². The summed E-state index contributed by atoms with van der Waals surface area (Å²) in [5.41, 5.74) is 2.07. The second-order valence-corrected chi connectivity index (χ2v) is 5.79. The van der Waals surface area contributed by atoms with E-state index in [4.69, 9.17) is 11.6 Å². The van der Waals surface area contributed by atoms with Crippen molar-refractivity contribution >= 4 is 22.5 Å². The molecule has 0 aliphatic heterocycles. The van der Waals surface area contributed by atoms with Crippen molar-refractivity contribution in [3.05, 3.63) is 41.0 Å². The van der Waals surface area contributed by atoms with Crippen molar-refractivity contribution in [2.24, 2.45) is 5.92 Å². The molecule has 108 valence electrons. The van der Waals surface area contributed by atoms with Crippen LogP contribution < -0.4 is 5.32 Å². The maximum absolute atomic E-state index is 9.76. The van der Waals surface area contributed by atoms with Gasteiger partial charge in [0.05, 0.1) is 11.6 Å². The molecule has 0 radical (unpaired) electrons. The molecule has 0 fully saturated rings. The summed E-state index contributed by atoms with van der Waals surface area (Å²) in [4.78, 5) is 4.41. The van der Waals surface area contributed by atoms with E-state index in [0.29, 0.717) is 5.92 Å². The van der Waals surface area contributed by atoms with Gasteiger partial charge in [-0.1, -0.05) is 31.5 Å². The number of hydrogen-bond donors (Lipinski definition) is 2. The fourth-order valence-electron chi connectivity index (χ4n) is 2.15. The van der Waals surface area contributed by atoms with Crippen LogP contribution >= 0.6 is 11.6 Å². The maximum atomic E-state index is 9.76. The molecule has 2 N–H and O–H groups in total. The van der Waals surface area contributed by atoms with Gasteiger partial charge in [0.15, 0.2) is 0 Å². The number of fused-ring (bicyclic) bond motifs is 1. The lowest BCUT2D eigenvalue weighted by Gasteiger charge is -2.14. The minimum Gasteiger partial charge on any atom is -0.393 e. The Morgan fingerprint density at radius 2 is 2.10 bits per heavy atom. The molecule has 0 saturated heterocycles. The average molecular weight is 293 g/mol. The molecule has 0 bridgehead atoms. The molecule has 4 heteroatoms. The van der Waals surface area contributed by atoms with Crippen molar-refractivity contribution in [2.45, 2.75) is 32.9 Å². The Bertz CT molecular complexity index is 571. The van der Waals surface area contributed by atoms with Gasteiger partial charge >= 0.3 is 0 Å². The summed E-state index contributed by atoms with van der Waals surface area (Å²) in [6.45, 7) is 5.58. The number of nitrogens with one attached hydrogen (secondary N) is 1. The quantitative estimate of drug-likeness (QED) is 0.802. The highest BCUT2D eigenvalue weighted by molar-refractivity contribution is 6.35. The number of aromatic nitrogens is 1. The van der Waals surface area contributed by atoms with Crippen molar-refractivity contribution in [3.63, 3.8) is 0 Å². The first-order valence-electron chi connectivity index (χ1n) is 7.00. The minimum absolute atomic E-state index is 0.248. The lowest BCUT2D eigenvalue weighted by atomic mass is 10.0. The van der Waals surface area contributed by atoms with E-state index >= 15 is 0 Å². The molecule has 0 aliphatic carbocycles. The Kier molecular flexibility index (Phi) is 5.35.